The van der Waals surface area contributed by atoms with E-state index in [1.54, 1.807) is 12.1 Å². The van der Waals surface area contributed by atoms with Gasteiger partial charge in [-0.25, -0.2) is 17.5 Å². The Labute approximate surface area is 165 Å². The zero-order chi connectivity index (χ0) is 20.1. The molecule has 5 nitrogen and oxygen atoms in total. The molecule has 4 atom stereocenters. The van der Waals surface area contributed by atoms with Crippen LogP contribution in [0, 0.1) is 23.6 Å². The minimum atomic E-state index is -3.60. The Kier molecular flexibility index (Phi) is 6.67. The molecule has 4 unspecified atom stereocenters. The van der Waals surface area contributed by atoms with Crippen LogP contribution in [0.1, 0.15) is 44.1 Å². The minimum absolute atomic E-state index is 0.0884. The summed E-state index contributed by atoms with van der Waals surface area (Å²) >= 11 is 0. The molecule has 1 aromatic rings. The Hall–Kier alpha value is -1.99. The van der Waals surface area contributed by atoms with Crippen molar-refractivity contribution in [3.63, 3.8) is 0 Å². The van der Waals surface area contributed by atoms with Crippen LogP contribution in [0.2, 0.25) is 0 Å². The summed E-state index contributed by atoms with van der Waals surface area (Å²) in [5.41, 5.74) is 0.500. The maximum absolute atomic E-state index is 13.2. The number of carbonyl (C=O) groups is 1. The fourth-order valence-electron chi connectivity index (χ4n) is 4.43. The molecule has 0 heterocycles. The lowest BCUT2D eigenvalue weighted by atomic mass is 9.85. The van der Waals surface area contributed by atoms with Gasteiger partial charge >= 0.3 is 5.97 Å². The van der Waals surface area contributed by atoms with Crippen molar-refractivity contribution in [2.24, 2.45) is 17.8 Å². The van der Waals surface area contributed by atoms with Crippen LogP contribution in [0.25, 0.3) is 6.08 Å². The molecule has 2 aliphatic rings. The molecular weight excluding hydrogens is 381 g/mol. The molecule has 2 saturated carbocycles. The second-order valence-corrected chi connectivity index (χ2v) is 9.34. The van der Waals surface area contributed by atoms with Gasteiger partial charge in [0.1, 0.15) is 5.82 Å². The molecule has 2 fully saturated rings. The number of fused-ring (bicyclic) bond motifs is 2. The molecule has 2 aliphatic carbocycles. The van der Waals surface area contributed by atoms with Crippen molar-refractivity contribution in [1.82, 2.24) is 4.72 Å². The maximum atomic E-state index is 13.2. The van der Waals surface area contributed by atoms with Crippen LogP contribution < -0.4 is 4.72 Å². The molecule has 0 radical (unpaired) electrons. The van der Waals surface area contributed by atoms with Gasteiger partial charge in [0.15, 0.2) is 0 Å². The Balaban J connectivity index is 1.55. The number of carboxylic acid groups (broad SMARTS) is 1. The third-order valence-electron chi connectivity index (χ3n) is 5.61. The number of rotatable bonds is 9. The molecule has 0 saturated heterocycles. The number of aliphatic carboxylic acids is 1. The fraction of sp³-hybridized carbons (Fsp3) is 0.476. The highest BCUT2D eigenvalue weighted by molar-refractivity contribution is 7.92. The number of carboxylic acids is 1. The van der Waals surface area contributed by atoms with Crippen LogP contribution in [0.5, 0.6) is 0 Å². The number of unbranched alkanes of at least 4 members (excludes halogenated alkanes) is 1. The molecular formula is C21H26FNO4S. The summed E-state index contributed by atoms with van der Waals surface area (Å²) in [5, 5.41) is 9.77. The average molecular weight is 408 g/mol. The van der Waals surface area contributed by atoms with E-state index in [1.807, 2.05) is 6.08 Å². The minimum Gasteiger partial charge on any atom is -0.481 e. The van der Waals surface area contributed by atoms with E-state index in [0.29, 0.717) is 23.8 Å². The van der Waals surface area contributed by atoms with E-state index in [0.717, 1.165) is 31.1 Å². The predicted octanol–water partition coefficient (Wildman–Crippen LogP) is 3.94. The smallest absolute Gasteiger partial charge is 0.303 e. The van der Waals surface area contributed by atoms with Gasteiger partial charge < -0.3 is 5.11 Å². The number of hydrogen-bond donors (Lipinski definition) is 2. The SMILES string of the molecule is O=C(O)CCCC=CC1CC2CC(NS(=O)(=O)C=Cc3cccc(F)c3)C1C2. The van der Waals surface area contributed by atoms with Gasteiger partial charge in [0.25, 0.3) is 0 Å². The maximum Gasteiger partial charge on any atom is 0.303 e. The van der Waals surface area contributed by atoms with Gasteiger partial charge in [-0.1, -0.05) is 24.3 Å². The molecule has 0 amide bonds. The normalized spacial score (nSPS) is 27.2. The summed E-state index contributed by atoms with van der Waals surface area (Å²) < 4.78 is 40.9. The number of benzene rings is 1. The Morgan fingerprint density at radius 1 is 1.29 bits per heavy atom. The monoisotopic (exact) mass is 407 g/mol. The molecule has 0 aromatic heterocycles. The standard InChI is InChI=1S/C21H26FNO4S/c22-18-7-4-5-15(12-18)9-10-28(26,27)23-20-14-16-11-17(19(20)13-16)6-2-1-3-8-21(24)25/h2,4-7,9-10,12,16-17,19-20,23H,1,3,8,11,13-14H2,(H,24,25). The number of sulfonamides is 1. The molecule has 28 heavy (non-hydrogen) atoms. The summed E-state index contributed by atoms with van der Waals surface area (Å²) in [7, 11) is -3.60. The fourth-order valence-corrected chi connectivity index (χ4v) is 5.54. The summed E-state index contributed by atoms with van der Waals surface area (Å²) in [6.07, 6.45) is 10.0. The second kappa shape index (κ2) is 9.01. The lowest BCUT2D eigenvalue weighted by Crippen LogP contribution is -2.40. The highest BCUT2D eigenvalue weighted by Gasteiger charge is 2.46. The zero-order valence-electron chi connectivity index (χ0n) is 15.6. The molecule has 0 spiro atoms. The van der Waals surface area contributed by atoms with Gasteiger partial charge in [-0.15, -0.1) is 0 Å². The number of hydrogen-bond acceptors (Lipinski definition) is 3. The lowest BCUT2D eigenvalue weighted by molar-refractivity contribution is -0.137. The van der Waals surface area contributed by atoms with Gasteiger partial charge in [-0.2, -0.15) is 0 Å². The van der Waals surface area contributed by atoms with Crippen molar-refractivity contribution in [2.75, 3.05) is 0 Å². The summed E-state index contributed by atoms with van der Waals surface area (Å²) in [6, 6.07) is 5.70. The molecule has 2 bridgehead atoms. The molecule has 2 N–H and O–H groups in total. The molecule has 152 valence electrons. The first-order chi connectivity index (χ1) is 13.3. The summed E-state index contributed by atoms with van der Waals surface area (Å²) in [4.78, 5) is 10.5. The largest absolute Gasteiger partial charge is 0.481 e. The Morgan fingerprint density at radius 3 is 2.82 bits per heavy atom. The van der Waals surface area contributed by atoms with Crippen LogP contribution in [-0.4, -0.2) is 25.5 Å². The van der Waals surface area contributed by atoms with Crippen LogP contribution >= 0.6 is 0 Å². The van der Waals surface area contributed by atoms with Crippen molar-refractivity contribution in [3.8, 4) is 0 Å². The molecule has 7 heteroatoms. The number of nitrogens with one attached hydrogen (secondary N) is 1. The van der Waals surface area contributed by atoms with E-state index in [4.69, 9.17) is 5.11 Å². The van der Waals surface area contributed by atoms with Crippen molar-refractivity contribution in [1.29, 1.82) is 0 Å². The topological polar surface area (TPSA) is 83.5 Å². The third-order valence-corrected chi connectivity index (χ3v) is 6.74. The van der Waals surface area contributed by atoms with Crippen molar-refractivity contribution < 1.29 is 22.7 Å². The number of allylic oxidation sites excluding steroid dienone is 2. The quantitative estimate of drug-likeness (QED) is 0.480. The van der Waals surface area contributed by atoms with Gasteiger partial charge in [-0.3, -0.25) is 4.79 Å². The van der Waals surface area contributed by atoms with Crippen LogP contribution in [0.15, 0.2) is 41.8 Å². The summed E-state index contributed by atoms with van der Waals surface area (Å²) in [5.74, 6) is -0.0483. The first kappa shape index (κ1) is 20.7. The zero-order valence-corrected chi connectivity index (χ0v) is 16.4. The first-order valence-corrected chi connectivity index (χ1v) is 11.2. The van der Waals surface area contributed by atoms with Gasteiger partial charge in [-0.05, 0) is 73.6 Å². The average Bonchev–Trinajstić information content (AvgIpc) is 3.19. The first-order valence-electron chi connectivity index (χ1n) is 9.67. The highest BCUT2D eigenvalue weighted by Crippen LogP contribution is 2.49. The highest BCUT2D eigenvalue weighted by atomic mass is 32.2. The summed E-state index contributed by atoms with van der Waals surface area (Å²) in [6.45, 7) is 0. The molecule has 0 aliphatic heterocycles. The van der Waals surface area contributed by atoms with Gasteiger partial charge in [0.05, 0.1) is 0 Å². The van der Waals surface area contributed by atoms with E-state index in [1.165, 1.54) is 18.2 Å². The third kappa shape index (κ3) is 5.75. The van der Waals surface area contributed by atoms with E-state index in [-0.39, 0.29) is 18.4 Å². The van der Waals surface area contributed by atoms with E-state index in [9.17, 15) is 17.6 Å². The Morgan fingerprint density at radius 2 is 2.11 bits per heavy atom. The van der Waals surface area contributed by atoms with Gasteiger partial charge in [0.2, 0.25) is 10.0 Å². The molecule has 3 rings (SSSR count). The van der Waals surface area contributed by atoms with Gasteiger partial charge in [0, 0.05) is 17.9 Å². The van der Waals surface area contributed by atoms with E-state index in [2.05, 4.69) is 10.8 Å². The van der Waals surface area contributed by atoms with E-state index >= 15 is 0 Å². The lowest BCUT2D eigenvalue weighted by Gasteiger charge is -2.27. The van der Waals surface area contributed by atoms with Crippen molar-refractivity contribution in [3.05, 3.63) is 53.2 Å². The van der Waals surface area contributed by atoms with E-state index < -0.39 is 21.8 Å². The van der Waals surface area contributed by atoms with Crippen LogP contribution in [-0.2, 0) is 14.8 Å². The second-order valence-electron chi connectivity index (χ2n) is 7.74. The van der Waals surface area contributed by atoms with Crippen molar-refractivity contribution in [2.45, 2.75) is 44.6 Å². The number of halogens is 1. The Bertz CT molecular complexity index is 865. The van der Waals surface area contributed by atoms with Crippen LogP contribution in [0.3, 0.4) is 0 Å². The predicted molar refractivity (Wildman–Crippen MR) is 106 cm³/mol. The van der Waals surface area contributed by atoms with Crippen LogP contribution in [0.4, 0.5) is 4.39 Å². The molecule has 1 aromatic carbocycles. The van der Waals surface area contributed by atoms with Crippen molar-refractivity contribution >= 4 is 22.1 Å².